The van der Waals surface area contributed by atoms with Crippen molar-refractivity contribution in [3.8, 4) is 28.7 Å². The number of imidazole rings is 1. The van der Waals surface area contributed by atoms with E-state index in [4.69, 9.17) is 12.5 Å². The van der Waals surface area contributed by atoms with Crippen molar-refractivity contribution < 1.29 is 33.1 Å². The van der Waals surface area contributed by atoms with Gasteiger partial charge in [0, 0.05) is 56.6 Å². The van der Waals surface area contributed by atoms with Gasteiger partial charge in [0.05, 0.1) is 8.43 Å². The van der Waals surface area contributed by atoms with Crippen LogP contribution in [0.1, 0.15) is 29.1 Å². The van der Waals surface area contributed by atoms with Gasteiger partial charge >= 0.3 is 0 Å². The fourth-order valence-corrected chi connectivity index (χ4v) is 4.99. The Hall–Kier alpha value is -4.47. The Morgan fingerprint density at radius 1 is 0.833 bits per heavy atom. The van der Waals surface area contributed by atoms with Gasteiger partial charge in [-0.25, -0.2) is 4.98 Å². The van der Waals surface area contributed by atoms with Gasteiger partial charge in [-0.1, -0.05) is 62.7 Å². The Kier molecular flexibility index (Phi) is 6.66. The van der Waals surface area contributed by atoms with E-state index >= 15 is 0 Å². The molecular formula is C36H28N4OPt-2. The second-order valence-corrected chi connectivity index (χ2v) is 10.9. The molecule has 0 saturated carbocycles. The van der Waals surface area contributed by atoms with Gasteiger partial charge in [0.25, 0.3) is 6.33 Å². The third kappa shape index (κ3) is 5.17. The van der Waals surface area contributed by atoms with E-state index in [9.17, 15) is 0 Å². The maximum Gasteiger partial charge on any atom is 0.267 e. The predicted octanol–water partition coefficient (Wildman–Crippen LogP) is 7.73. The molecular weight excluding hydrogens is 700 g/mol. The van der Waals surface area contributed by atoms with Gasteiger partial charge in [-0.3, -0.25) is 4.57 Å². The zero-order chi connectivity index (χ0) is 29.7. The molecule has 0 unspecified atom stereocenters. The smallest absolute Gasteiger partial charge is 0.267 e. The summed E-state index contributed by atoms with van der Waals surface area (Å²) < 4.78 is 28.5. The summed E-state index contributed by atoms with van der Waals surface area (Å²) in [6, 6.07) is 38.1. The van der Waals surface area contributed by atoms with Gasteiger partial charge in [0.15, 0.2) is 0 Å². The number of rotatable bonds is 5. The number of ether oxygens (including phenoxy) is 1. The van der Waals surface area contributed by atoms with Crippen LogP contribution in [-0.2, 0) is 26.5 Å². The van der Waals surface area contributed by atoms with Crippen molar-refractivity contribution in [3.63, 3.8) is 0 Å². The van der Waals surface area contributed by atoms with Crippen LogP contribution in [0.2, 0.25) is 0 Å². The molecule has 4 aromatic carbocycles. The van der Waals surface area contributed by atoms with Crippen LogP contribution in [0, 0.1) is 18.5 Å². The Balaban J connectivity index is 0.00000343. The number of hydrogen-bond acceptors (Lipinski definition) is 2. The van der Waals surface area contributed by atoms with Crippen molar-refractivity contribution in [1.29, 1.82) is 0 Å². The molecule has 42 heavy (non-hydrogen) atoms. The van der Waals surface area contributed by atoms with Crippen molar-refractivity contribution >= 4 is 21.8 Å². The summed E-state index contributed by atoms with van der Waals surface area (Å²) >= 11 is 0. The molecule has 3 aromatic heterocycles. The van der Waals surface area contributed by atoms with Gasteiger partial charge in [0.1, 0.15) is 5.82 Å². The largest absolute Gasteiger partial charge is 0.510 e. The average molecular weight is 730 g/mol. The predicted molar refractivity (Wildman–Crippen MR) is 161 cm³/mol. The van der Waals surface area contributed by atoms with E-state index in [1.807, 2.05) is 79.0 Å². The molecule has 0 bridgehead atoms. The van der Waals surface area contributed by atoms with E-state index in [-0.39, 0.29) is 38.8 Å². The summed E-state index contributed by atoms with van der Waals surface area (Å²) in [7, 11) is 0. The molecule has 0 fully saturated rings. The number of aromatic nitrogens is 4. The number of benzene rings is 4. The van der Waals surface area contributed by atoms with Gasteiger partial charge in [-0.2, -0.15) is 18.2 Å². The Morgan fingerprint density at radius 3 is 2.45 bits per heavy atom. The van der Waals surface area contributed by atoms with Crippen LogP contribution in [0.3, 0.4) is 0 Å². The summed E-state index contributed by atoms with van der Waals surface area (Å²) in [6.07, 6.45) is 5.00. The summed E-state index contributed by atoms with van der Waals surface area (Å²) in [4.78, 5) is 4.75. The summed E-state index contributed by atoms with van der Waals surface area (Å²) in [5, 5.41) is 2.17. The molecule has 0 aliphatic rings. The normalized spacial score (nSPS) is 12.2. The summed E-state index contributed by atoms with van der Waals surface area (Å²) in [5.74, 6) is 1.81. The standard InChI is InChI=1S/C36H28N4O.Pt/c1-36(2,3)26-18-19-37-35(22-26)40-33-15-8-7-14-31(33)32-17-16-30(24-34(32)40)41-29-13-9-12-28(23-29)39-21-20-38(25-39)27-10-5-4-6-11-27;/h4-22H,1-3H3;/q-2;/i20D,21D;. The fourth-order valence-electron chi connectivity index (χ4n) is 4.99. The van der Waals surface area contributed by atoms with E-state index in [1.54, 1.807) is 4.57 Å². The van der Waals surface area contributed by atoms with Crippen molar-refractivity contribution in [2.45, 2.75) is 26.2 Å². The maximum atomic E-state index is 8.54. The minimum Gasteiger partial charge on any atom is -0.510 e. The van der Waals surface area contributed by atoms with Crippen LogP contribution >= 0.6 is 0 Å². The quantitative estimate of drug-likeness (QED) is 0.134. The molecule has 0 aliphatic heterocycles. The van der Waals surface area contributed by atoms with Gasteiger partial charge < -0.3 is 13.9 Å². The van der Waals surface area contributed by atoms with E-state index in [0.29, 0.717) is 17.2 Å². The van der Waals surface area contributed by atoms with E-state index in [1.165, 1.54) is 10.1 Å². The fraction of sp³-hybridized carbons (Fsp3) is 0.111. The van der Waals surface area contributed by atoms with Gasteiger partial charge in [-0.15, -0.1) is 29.7 Å². The van der Waals surface area contributed by atoms with Crippen LogP contribution in [0.15, 0.2) is 116 Å². The average Bonchev–Trinajstić information content (AvgIpc) is 3.50. The Labute approximate surface area is 262 Å². The molecule has 5 nitrogen and oxygen atoms in total. The molecule has 0 spiro atoms. The molecule has 0 saturated heterocycles. The van der Waals surface area contributed by atoms with Crippen molar-refractivity contribution in [2.24, 2.45) is 0 Å². The second-order valence-electron chi connectivity index (χ2n) is 10.9. The van der Waals surface area contributed by atoms with Gasteiger partial charge in [-0.05, 0) is 52.4 Å². The van der Waals surface area contributed by atoms with Crippen molar-refractivity contribution in [1.82, 2.24) is 14.1 Å². The first-order valence-corrected chi connectivity index (χ1v) is 13.5. The molecule has 3 heterocycles. The van der Waals surface area contributed by atoms with Crippen LogP contribution in [0.5, 0.6) is 11.5 Å². The van der Waals surface area contributed by atoms with Crippen LogP contribution < -0.4 is 9.30 Å². The molecule has 0 atom stereocenters. The maximum absolute atomic E-state index is 8.54. The van der Waals surface area contributed by atoms with E-state index < -0.39 is 0 Å². The van der Waals surface area contributed by atoms with Crippen LogP contribution in [0.25, 0.3) is 39.0 Å². The number of nitrogens with zero attached hydrogens (tertiary/aromatic N) is 4. The molecule has 7 aromatic rings. The molecule has 0 amide bonds. The zero-order valence-electron chi connectivity index (χ0n) is 25.3. The van der Waals surface area contributed by atoms with E-state index in [2.05, 4.69) is 68.1 Å². The topological polar surface area (TPSA) is 35.9 Å². The van der Waals surface area contributed by atoms with Crippen molar-refractivity contribution in [3.05, 3.63) is 140 Å². The Morgan fingerprint density at radius 2 is 1.62 bits per heavy atom. The third-order valence-electron chi connectivity index (χ3n) is 7.10. The first-order valence-electron chi connectivity index (χ1n) is 14.5. The second kappa shape index (κ2) is 11.1. The molecule has 0 radical (unpaired) electrons. The third-order valence-corrected chi connectivity index (χ3v) is 7.10. The number of hydrogen-bond donors (Lipinski definition) is 0. The number of para-hydroxylation sites is 2. The molecule has 210 valence electrons. The van der Waals surface area contributed by atoms with Crippen molar-refractivity contribution in [2.75, 3.05) is 0 Å². The SMILES string of the molecule is [2H]c1c([2H])[n+](-c2ccccc2)[c-]n1-c1[c-]c(Oc2[c-]c3c(cc2)c2ccccc2n3-c2cc(C(C)(C)C)ccn2)ccc1.[Pt]. The number of pyridine rings is 1. The van der Waals surface area contributed by atoms with Crippen LogP contribution in [-0.4, -0.2) is 14.1 Å². The van der Waals surface area contributed by atoms with Crippen LogP contribution in [0.4, 0.5) is 0 Å². The molecule has 6 heteroatoms. The van der Waals surface area contributed by atoms with E-state index in [0.717, 1.165) is 33.3 Å². The molecule has 0 N–H and O–H groups in total. The minimum atomic E-state index is -0.0214. The molecule has 7 rings (SSSR count). The molecule has 0 aliphatic carbocycles. The minimum absolute atomic E-state index is 0. The van der Waals surface area contributed by atoms with Gasteiger partial charge in [0.2, 0.25) is 0 Å². The Bertz CT molecular complexity index is 2130. The zero-order valence-corrected chi connectivity index (χ0v) is 25.6. The number of fused-ring (bicyclic) bond motifs is 3. The summed E-state index contributed by atoms with van der Waals surface area (Å²) in [5.41, 5.74) is 4.39. The summed E-state index contributed by atoms with van der Waals surface area (Å²) in [6.45, 7) is 6.59. The first kappa shape index (κ1) is 25.3. The monoisotopic (exact) mass is 729 g/mol. The first-order chi connectivity index (χ1) is 20.8.